The third-order valence-electron chi connectivity index (χ3n) is 3.51. The second-order valence-corrected chi connectivity index (χ2v) is 5.25. The number of nitrogens with two attached hydrogens (primary N) is 1. The first-order chi connectivity index (χ1) is 11.6. The van der Waals surface area contributed by atoms with Gasteiger partial charge in [-0.05, 0) is 61.9 Å². The first-order valence-electron chi connectivity index (χ1n) is 7.92. The van der Waals surface area contributed by atoms with Gasteiger partial charge in [0.05, 0.1) is 0 Å². The van der Waals surface area contributed by atoms with E-state index in [9.17, 15) is 8.78 Å². The van der Waals surface area contributed by atoms with E-state index >= 15 is 0 Å². The molecule has 0 atom stereocenters. The third-order valence-corrected chi connectivity index (χ3v) is 3.51. The van der Waals surface area contributed by atoms with Gasteiger partial charge in [-0.1, -0.05) is 0 Å². The van der Waals surface area contributed by atoms with Crippen molar-refractivity contribution in [1.29, 1.82) is 0 Å². The quantitative estimate of drug-likeness (QED) is 0.463. The molecule has 2 rings (SSSR count). The molecular weight excluding hydrogens is 310 g/mol. The van der Waals surface area contributed by atoms with Crippen molar-refractivity contribution in [2.24, 2.45) is 10.7 Å². The van der Waals surface area contributed by atoms with Crippen LogP contribution in [0.3, 0.4) is 0 Å². The van der Waals surface area contributed by atoms with Gasteiger partial charge in [0, 0.05) is 31.0 Å². The largest absolute Gasteiger partial charge is 0.385 e. The van der Waals surface area contributed by atoms with E-state index in [-0.39, 0.29) is 11.6 Å². The summed E-state index contributed by atoms with van der Waals surface area (Å²) in [6, 6.07) is 12.4. The molecule has 0 aliphatic carbocycles. The molecule has 0 aliphatic rings. The van der Waals surface area contributed by atoms with Gasteiger partial charge in [0.1, 0.15) is 11.6 Å². The third kappa shape index (κ3) is 5.22. The van der Waals surface area contributed by atoms with Gasteiger partial charge in [-0.15, -0.1) is 0 Å². The van der Waals surface area contributed by atoms with Crippen LogP contribution in [0.1, 0.15) is 13.3 Å². The molecule has 4 nitrogen and oxygen atoms in total. The number of aliphatic imine (C=N–C) groups is 1. The van der Waals surface area contributed by atoms with Crippen molar-refractivity contribution >= 4 is 17.3 Å². The van der Waals surface area contributed by atoms with Crippen molar-refractivity contribution in [3.63, 3.8) is 0 Å². The molecule has 2 aromatic rings. The Kier molecular flexibility index (Phi) is 6.54. The molecule has 3 N–H and O–H groups in total. The number of nitrogens with zero attached hydrogens (tertiary/aromatic N) is 2. The summed E-state index contributed by atoms with van der Waals surface area (Å²) in [6.45, 7) is 3.89. The van der Waals surface area contributed by atoms with E-state index in [2.05, 4.69) is 10.3 Å². The van der Waals surface area contributed by atoms with Crippen molar-refractivity contribution in [3.05, 3.63) is 60.2 Å². The lowest BCUT2D eigenvalue weighted by atomic mass is 10.3. The lowest BCUT2D eigenvalue weighted by molar-refractivity contribution is 0.627. The normalized spacial score (nSPS) is 11.4. The number of nitrogens with one attached hydrogen (secondary N) is 1. The Balaban J connectivity index is 1.81. The van der Waals surface area contributed by atoms with E-state index in [1.807, 2.05) is 11.8 Å². The van der Waals surface area contributed by atoms with Gasteiger partial charge in [0.2, 0.25) is 0 Å². The van der Waals surface area contributed by atoms with Crippen LogP contribution >= 0.6 is 0 Å². The van der Waals surface area contributed by atoms with E-state index in [0.717, 1.165) is 17.8 Å². The molecule has 0 saturated carbocycles. The van der Waals surface area contributed by atoms with Crippen molar-refractivity contribution < 1.29 is 8.78 Å². The summed E-state index contributed by atoms with van der Waals surface area (Å²) in [4.78, 5) is 6.19. The summed E-state index contributed by atoms with van der Waals surface area (Å²) in [7, 11) is 0. The maximum Gasteiger partial charge on any atom is 0.195 e. The number of hydrogen-bond donors (Lipinski definition) is 2. The van der Waals surface area contributed by atoms with Crippen LogP contribution in [0.4, 0.5) is 20.2 Å². The predicted molar refractivity (Wildman–Crippen MR) is 95.4 cm³/mol. The molecule has 0 aromatic heterocycles. The first-order valence-corrected chi connectivity index (χ1v) is 7.92. The highest BCUT2D eigenvalue weighted by atomic mass is 19.1. The highest BCUT2D eigenvalue weighted by Gasteiger charge is 2.08. The molecule has 0 saturated heterocycles. The number of guanidine groups is 1. The topological polar surface area (TPSA) is 53.6 Å². The molecule has 0 spiro atoms. The van der Waals surface area contributed by atoms with Crippen molar-refractivity contribution in [1.82, 2.24) is 0 Å². The van der Waals surface area contributed by atoms with Crippen LogP contribution in [-0.2, 0) is 0 Å². The molecule has 0 fully saturated rings. The molecule has 0 radical (unpaired) electrons. The lowest BCUT2D eigenvalue weighted by Crippen LogP contribution is -2.37. The van der Waals surface area contributed by atoms with E-state index < -0.39 is 0 Å². The minimum absolute atomic E-state index is 0.252. The predicted octanol–water partition coefficient (Wildman–Crippen LogP) is 3.61. The fourth-order valence-corrected chi connectivity index (χ4v) is 2.26. The van der Waals surface area contributed by atoms with Gasteiger partial charge in [-0.3, -0.25) is 4.99 Å². The second-order valence-electron chi connectivity index (χ2n) is 5.25. The number of benzene rings is 2. The van der Waals surface area contributed by atoms with Crippen molar-refractivity contribution in [2.75, 3.05) is 29.9 Å². The molecule has 24 heavy (non-hydrogen) atoms. The summed E-state index contributed by atoms with van der Waals surface area (Å²) in [5, 5.41) is 3.19. The van der Waals surface area contributed by atoms with E-state index in [4.69, 9.17) is 5.73 Å². The summed E-state index contributed by atoms with van der Waals surface area (Å²) >= 11 is 0. The monoisotopic (exact) mass is 332 g/mol. The average Bonchev–Trinajstić information content (AvgIpc) is 2.58. The number of rotatable bonds is 7. The fraction of sp³-hybridized carbons (Fsp3) is 0.278. The standard InChI is InChI=1S/C18H22F2N4/c1-2-24(17-10-6-15(20)7-11-17)18(21)23-13-3-12-22-16-8-4-14(19)5-9-16/h4-11,22H,2-3,12-13H2,1H3,(H2,21,23). The molecule has 0 aliphatic heterocycles. The van der Waals surface area contributed by atoms with E-state index in [1.54, 1.807) is 24.3 Å². The van der Waals surface area contributed by atoms with Crippen LogP contribution in [0.5, 0.6) is 0 Å². The molecule has 128 valence electrons. The van der Waals surface area contributed by atoms with Crippen molar-refractivity contribution in [2.45, 2.75) is 13.3 Å². The number of hydrogen-bond acceptors (Lipinski definition) is 2. The minimum Gasteiger partial charge on any atom is -0.385 e. The molecule has 6 heteroatoms. The number of halogens is 2. The Morgan fingerprint density at radius 1 is 1.04 bits per heavy atom. The Labute approximate surface area is 141 Å². The first kappa shape index (κ1) is 17.7. The van der Waals surface area contributed by atoms with Crippen LogP contribution in [-0.4, -0.2) is 25.6 Å². The molecule has 0 heterocycles. The van der Waals surface area contributed by atoms with Crippen LogP contribution in [0, 0.1) is 11.6 Å². The Hall–Kier alpha value is -2.63. The van der Waals surface area contributed by atoms with Gasteiger partial charge >= 0.3 is 0 Å². The van der Waals surface area contributed by atoms with E-state index in [0.29, 0.717) is 25.6 Å². The molecule has 2 aromatic carbocycles. The van der Waals surface area contributed by atoms with Crippen LogP contribution < -0.4 is 16.0 Å². The molecule has 0 amide bonds. The molecule has 0 unspecified atom stereocenters. The summed E-state index contributed by atoms with van der Waals surface area (Å²) in [6.07, 6.45) is 0.791. The summed E-state index contributed by atoms with van der Waals surface area (Å²) < 4.78 is 25.8. The fourth-order valence-electron chi connectivity index (χ4n) is 2.26. The Morgan fingerprint density at radius 3 is 2.21 bits per heavy atom. The molecular formula is C18H22F2N4. The smallest absolute Gasteiger partial charge is 0.195 e. The van der Waals surface area contributed by atoms with Gasteiger partial charge in [0.15, 0.2) is 5.96 Å². The zero-order valence-electron chi connectivity index (χ0n) is 13.7. The van der Waals surface area contributed by atoms with Crippen LogP contribution in [0.15, 0.2) is 53.5 Å². The number of anilines is 2. The van der Waals surface area contributed by atoms with Gasteiger partial charge < -0.3 is 16.0 Å². The average molecular weight is 332 g/mol. The zero-order chi connectivity index (χ0) is 17.4. The zero-order valence-corrected chi connectivity index (χ0v) is 13.7. The summed E-state index contributed by atoms with van der Waals surface area (Å²) in [5.41, 5.74) is 7.71. The SMILES string of the molecule is CCN(C(N)=NCCCNc1ccc(F)cc1)c1ccc(F)cc1. The molecule has 0 bridgehead atoms. The maximum absolute atomic E-state index is 13.0. The lowest BCUT2D eigenvalue weighted by Gasteiger charge is -2.22. The Bertz CT molecular complexity index is 654. The van der Waals surface area contributed by atoms with Gasteiger partial charge in [-0.2, -0.15) is 0 Å². The van der Waals surface area contributed by atoms with Gasteiger partial charge in [0.25, 0.3) is 0 Å². The highest BCUT2D eigenvalue weighted by molar-refractivity contribution is 5.94. The van der Waals surface area contributed by atoms with E-state index in [1.165, 1.54) is 24.3 Å². The summed E-state index contributed by atoms with van der Waals surface area (Å²) in [5.74, 6) is -0.124. The van der Waals surface area contributed by atoms with Crippen molar-refractivity contribution in [3.8, 4) is 0 Å². The maximum atomic E-state index is 13.0. The van der Waals surface area contributed by atoms with Crippen LogP contribution in [0.2, 0.25) is 0 Å². The minimum atomic E-state index is -0.280. The second kappa shape index (κ2) is 8.86. The highest BCUT2D eigenvalue weighted by Crippen LogP contribution is 2.14. The Morgan fingerprint density at radius 2 is 1.62 bits per heavy atom. The van der Waals surface area contributed by atoms with Gasteiger partial charge in [-0.25, -0.2) is 8.78 Å². The van der Waals surface area contributed by atoms with Crippen LogP contribution in [0.25, 0.3) is 0 Å².